The molecular formula is C13H13BrFNO3. The van der Waals surface area contributed by atoms with Crippen LogP contribution in [0.5, 0.6) is 5.75 Å². The first-order chi connectivity index (χ1) is 9.08. The topological polar surface area (TPSA) is 51.3 Å². The summed E-state index contributed by atoms with van der Waals surface area (Å²) >= 11 is 3.25. The molecule has 0 atom stereocenters. The maximum atomic E-state index is 13.8. The van der Waals surface area contributed by atoms with Crippen molar-refractivity contribution in [1.29, 1.82) is 0 Å². The van der Waals surface area contributed by atoms with Gasteiger partial charge in [-0.15, -0.1) is 0 Å². The fourth-order valence-electron chi connectivity index (χ4n) is 1.99. The highest BCUT2D eigenvalue weighted by atomic mass is 79.9. The Balaban J connectivity index is 2.54. The van der Waals surface area contributed by atoms with Gasteiger partial charge in [0.25, 0.3) is 0 Å². The van der Waals surface area contributed by atoms with Crippen molar-refractivity contribution in [1.82, 2.24) is 4.98 Å². The van der Waals surface area contributed by atoms with Gasteiger partial charge in [0.15, 0.2) is 0 Å². The monoisotopic (exact) mass is 329 g/mol. The molecule has 0 aliphatic rings. The van der Waals surface area contributed by atoms with Crippen LogP contribution >= 0.6 is 15.9 Å². The molecule has 0 fully saturated rings. The van der Waals surface area contributed by atoms with Crippen molar-refractivity contribution >= 4 is 32.8 Å². The van der Waals surface area contributed by atoms with E-state index in [1.807, 2.05) is 0 Å². The van der Waals surface area contributed by atoms with Crippen molar-refractivity contribution in [3.63, 3.8) is 0 Å². The summed E-state index contributed by atoms with van der Waals surface area (Å²) in [5, 5.41) is 0.558. The van der Waals surface area contributed by atoms with Gasteiger partial charge in [0.2, 0.25) is 0 Å². The number of carbonyl (C=O) groups is 1. The van der Waals surface area contributed by atoms with Gasteiger partial charge < -0.3 is 14.5 Å². The Kier molecular flexibility index (Phi) is 4.09. The van der Waals surface area contributed by atoms with Crippen LogP contribution in [0.1, 0.15) is 12.5 Å². The number of nitrogens with one attached hydrogen (secondary N) is 1. The minimum absolute atomic E-state index is 0.0695. The molecule has 1 heterocycles. The zero-order valence-corrected chi connectivity index (χ0v) is 12.1. The van der Waals surface area contributed by atoms with E-state index in [-0.39, 0.29) is 12.4 Å². The molecule has 0 saturated carbocycles. The summed E-state index contributed by atoms with van der Waals surface area (Å²) in [6.45, 7) is 2.06. The zero-order chi connectivity index (χ0) is 14.0. The van der Waals surface area contributed by atoms with Crippen LogP contribution in [-0.2, 0) is 16.0 Å². The number of hydrogen-bond donors (Lipinski definition) is 1. The zero-order valence-electron chi connectivity index (χ0n) is 10.5. The lowest BCUT2D eigenvalue weighted by atomic mass is 10.1. The third-order valence-corrected chi connectivity index (χ3v) is 3.33. The third-order valence-electron chi connectivity index (χ3n) is 2.74. The molecule has 0 bridgehead atoms. The van der Waals surface area contributed by atoms with Gasteiger partial charge in [-0.25, -0.2) is 4.39 Å². The second kappa shape index (κ2) is 5.61. The molecule has 2 rings (SSSR count). The lowest BCUT2D eigenvalue weighted by Crippen LogP contribution is -2.07. The molecule has 102 valence electrons. The van der Waals surface area contributed by atoms with Gasteiger partial charge in [-0.1, -0.05) is 0 Å². The molecule has 1 N–H and O–H groups in total. The normalized spacial score (nSPS) is 10.7. The number of esters is 1. The van der Waals surface area contributed by atoms with E-state index in [0.29, 0.717) is 33.3 Å². The molecular weight excluding hydrogens is 317 g/mol. The molecule has 0 amide bonds. The number of aromatic amines is 1. The number of rotatable bonds is 4. The molecule has 0 saturated heterocycles. The summed E-state index contributed by atoms with van der Waals surface area (Å²) in [6, 6.07) is 1.33. The molecule has 6 heteroatoms. The fraction of sp³-hybridized carbons (Fsp3) is 0.308. The number of ether oxygens (including phenoxy) is 2. The SMILES string of the molecule is CCOC(=O)Cc1c[nH]c2c(F)cc(Br)c(OC)c12. The molecule has 0 radical (unpaired) electrons. The van der Waals surface area contributed by atoms with Crippen LogP contribution in [0.4, 0.5) is 4.39 Å². The Morgan fingerprint density at radius 2 is 2.26 bits per heavy atom. The number of benzene rings is 1. The Labute approximate surface area is 118 Å². The summed E-state index contributed by atoms with van der Waals surface area (Å²) in [6.07, 6.45) is 1.67. The Hall–Kier alpha value is -1.56. The Bertz CT molecular complexity index is 624. The van der Waals surface area contributed by atoms with Crippen molar-refractivity contribution in [3.05, 3.63) is 28.1 Å². The summed E-state index contributed by atoms with van der Waals surface area (Å²) < 4.78 is 24.5. The first-order valence-corrected chi connectivity index (χ1v) is 6.55. The smallest absolute Gasteiger partial charge is 0.310 e. The van der Waals surface area contributed by atoms with E-state index < -0.39 is 5.82 Å². The number of carbonyl (C=O) groups excluding carboxylic acids is 1. The van der Waals surface area contributed by atoms with Crippen molar-refractivity contribution < 1.29 is 18.7 Å². The lowest BCUT2D eigenvalue weighted by molar-refractivity contribution is -0.142. The lowest BCUT2D eigenvalue weighted by Gasteiger charge is -2.08. The minimum Gasteiger partial charge on any atom is -0.495 e. The number of hydrogen-bond acceptors (Lipinski definition) is 3. The van der Waals surface area contributed by atoms with Gasteiger partial charge in [0.05, 0.1) is 30.1 Å². The Morgan fingerprint density at radius 3 is 2.89 bits per heavy atom. The Morgan fingerprint density at radius 1 is 1.53 bits per heavy atom. The highest BCUT2D eigenvalue weighted by Crippen LogP contribution is 2.37. The van der Waals surface area contributed by atoms with Crippen LogP contribution in [0.3, 0.4) is 0 Å². The van der Waals surface area contributed by atoms with Crippen molar-refractivity contribution in [2.75, 3.05) is 13.7 Å². The summed E-state index contributed by atoms with van der Waals surface area (Å²) in [4.78, 5) is 14.4. The van der Waals surface area contributed by atoms with Crippen molar-refractivity contribution in [3.8, 4) is 5.75 Å². The quantitative estimate of drug-likeness (QED) is 0.876. The van der Waals surface area contributed by atoms with Gasteiger partial charge >= 0.3 is 5.97 Å². The second-order valence-electron chi connectivity index (χ2n) is 3.92. The van der Waals surface area contributed by atoms with Gasteiger partial charge in [0.1, 0.15) is 11.6 Å². The molecule has 1 aromatic carbocycles. The minimum atomic E-state index is -0.405. The highest BCUT2D eigenvalue weighted by Gasteiger charge is 2.18. The van der Waals surface area contributed by atoms with Crippen molar-refractivity contribution in [2.24, 2.45) is 0 Å². The van der Waals surface area contributed by atoms with E-state index in [2.05, 4.69) is 20.9 Å². The predicted molar refractivity (Wildman–Crippen MR) is 72.8 cm³/mol. The molecule has 0 aliphatic heterocycles. The van der Waals surface area contributed by atoms with E-state index in [0.717, 1.165) is 0 Å². The molecule has 0 unspecified atom stereocenters. The van der Waals surface area contributed by atoms with Gasteiger partial charge in [-0.2, -0.15) is 0 Å². The van der Waals surface area contributed by atoms with E-state index in [1.54, 1.807) is 13.1 Å². The summed E-state index contributed by atoms with van der Waals surface area (Å²) in [5.74, 6) is -0.263. The largest absolute Gasteiger partial charge is 0.495 e. The van der Waals surface area contributed by atoms with Crippen LogP contribution in [-0.4, -0.2) is 24.7 Å². The van der Waals surface area contributed by atoms with Gasteiger partial charge in [-0.3, -0.25) is 4.79 Å². The van der Waals surface area contributed by atoms with Crippen LogP contribution in [0.15, 0.2) is 16.7 Å². The number of methoxy groups -OCH3 is 1. The average molecular weight is 330 g/mol. The molecule has 0 spiro atoms. The van der Waals surface area contributed by atoms with E-state index in [1.165, 1.54) is 13.2 Å². The average Bonchev–Trinajstić information content (AvgIpc) is 2.74. The predicted octanol–water partition coefficient (Wildman–Crippen LogP) is 3.18. The molecule has 19 heavy (non-hydrogen) atoms. The first-order valence-electron chi connectivity index (χ1n) is 5.76. The van der Waals surface area contributed by atoms with E-state index in [4.69, 9.17) is 9.47 Å². The fourth-order valence-corrected chi connectivity index (χ4v) is 2.55. The molecule has 4 nitrogen and oxygen atoms in total. The van der Waals surface area contributed by atoms with Crippen LogP contribution < -0.4 is 4.74 Å². The molecule has 1 aromatic heterocycles. The summed E-state index contributed by atoms with van der Waals surface area (Å²) in [5.41, 5.74) is 0.963. The van der Waals surface area contributed by atoms with Crippen LogP contribution in [0.25, 0.3) is 10.9 Å². The van der Waals surface area contributed by atoms with E-state index in [9.17, 15) is 9.18 Å². The maximum absolute atomic E-state index is 13.8. The number of fused-ring (bicyclic) bond motifs is 1. The standard InChI is InChI=1S/C13H13BrFNO3/c1-3-19-10(17)4-7-6-16-12-9(15)5-8(14)13(18-2)11(7)12/h5-6,16H,3-4H2,1-2H3. The van der Waals surface area contributed by atoms with Gasteiger partial charge in [0, 0.05) is 11.6 Å². The molecule has 0 aliphatic carbocycles. The molecule has 2 aromatic rings. The summed E-state index contributed by atoms with van der Waals surface area (Å²) in [7, 11) is 1.50. The van der Waals surface area contributed by atoms with Crippen LogP contribution in [0, 0.1) is 5.82 Å². The van der Waals surface area contributed by atoms with Crippen LogP contribution in [0.2, 0.25) is 0 Å². The third kappa shape index (κ3) is 2.58. The number of H-pyrrole nitrogens is 1. The maximum Gasteiger partial charge on any atom is 0.310 e. The number of aromatic nitrogens is 1. The van der Waals surface area contributed by atoms with Crippen molar-refractivity contribution in [2.45, 2.75) is 13.3 Å². The van der Waals surface area contributed by atoms with Gasteiger partial charge in [-0.05, 0) is 34.5 Å². The second-order valence-corrected chi connectivity index (χ2v) is 4.77. The first kappa shape index (κ1) is 13.9. The highest BCUT2D eigenvalue weighted by molar-refractivity contribution is 9.10. The van der Waals surface area contributed by atoms with E-state index >= 15 is 0 Å². The number of halogens is 2.